The second kappa shape index (κ2) is 9.68. The first-order chi connectivity index (χ1) is 15.9. The van der Waals surface area contributed by atoms with Gasteiger partial charge in [0.1, 0.15) is 19.0 Å². The second-order valence-corrected chi connectivity index (χ2v) is 7.14. The Balaban J connectivity index is 1.63. The van der Waals surface area contributed by atoms with E-state index < -0.39 is 17.6 Å². The van der Waals surface area contributed by atoms with Crippen molar-refractivity contribution in [3.8, 4) is 22.9 Å². The topological polar surface area (TPSA) is 44.2 Å². The zero-order valence-corrected chi connectivity index (χ0v) is 17.2. The van der Waals surface area contributed by atoms with Crippen LogP contribution in [0.15, 0.2) is 84.9 Å². The van der Waals surface area contributed by atoms with Crippen LogP contribution in [-0.4, -0.2) is 10.2 Å². The Labute approximate surface area is 187 Å². The van der Waals surface area contributed by atoms with Crippen LogP contribution in [0.5, 0.6) is 11.6 Å². The average molecular weight is 454 g/mol. The Bertz CT molecular complexity index is 1220. The van der Waals surface area contributed by atoms with Crippen LogP contribution in [0.3, 0.4) is 0 Å². The lowest BCUT2D eigenvalue weighted by atomic mass is 10.1. The molecule has 33 heavy (non-hydrogen) atoms. The normalized spacial score (nSPS) is 11.3. The summed E-state index contributed by atoms with van der Waals surface area (Å²) in [7, 11) is 0. The molecule has 0 bridgehead atoms. The summed E-state index contributed by atoms with van der Waals surface area (Å²) < 4.78 is 64.7. The number of nitrogens with zero attached hydrogens (tertiary/aromatic N) is 2. The molecular weight excluding hydrogens is 436 g/mol. The lowest BCUT2D eigenvalue weighted by Gasteiger charge is -2.13. The van der Waals surface area contributed by atoms with Crippen LogP contribution in [0.4, 0.5) is 17.6 Å². The summed E-state index contributed by atoms with van der Waals surface area (Å²) in [6.45, 7) is 0.383. The molecule has 0 unspecified atom stereocenters. The lowest BCUT2D eigenvalue weighted by molar-refractivity contribution is -0.137. The first-order valence-corrected chi connectivity index (χ1v) is 9.98. The molecule has 0 N–H and O–H groups in total. The van der Waals surface area contributed by atoms with Crippen molar-refractivity contribution >= 4 is 0 Å². The summed E-state index contributed by atoms with van der Waals surface area (Å²) in [5.41, 5.74) is 0.586. The summed E-state index contributed by atoms with van der Waals surface area (Å²) in [6, 6.07) is 22.4. The van der Waals surface area contributed by atoms with Crippen molar-refractivity contribution in [2.45, 2.75) is 19.4 Å². The van der Waals surface area contributed by atoms with Crippen molar-refractivity contribution in [3.05, 3.63) is 107 Å². The van der Waals surface area contributed by atoms with Crippen LogP contribution in [0.2, 0.25) is 0 Å². The van der Waals surface area contributed by atoms with Gasteiger partial charge in [-0.05, 0) is 29.3 Å². The fourth-order valence-electron chi connectivity index (χ4n) is 3.06. The first kappa shape index (κ1) is 22.3. The highest BCUT2D eigenvalue weighted by Crippen LogP contribution is 2.34. The molecule has 0 saturated heterocycles. The molecule has 4 rings (SSSR count). The quantitative estimate of drug-likeness (QED) is 0.301. The SMILES string of the molecule is Fc1cc(C(F)(F)F)ccc1-c1cc(OCc2ccccc2)c(OCc2ccccc2)nn1. The molecule has 1 heterocycles. The molecule has 8 heteroatoms. The third kappa shape index (κ3) is 5.65. The van der Waals surface area contributed by atoms with Gasteiger partial charge in [0.15, 0.2) is 5.75 Å². The fourth-order valence-corrected chi connectivity index (χ4v) is 3.06. The van der Waals surface area contributed by atoms with Gasteiger partial charge in [0, 0.05) is 11.6 Å². The number of aromatic nitrogens is 2. The Hall–Kier alpha value is -3.94. The monoisotopic (exact) mass is 454 g/mol. The van der Waals surface area contributed by atoms with Crippen molar-refractivity contribution < 1.29 is 27.0 Å². The molecule has 3 aromatic carbocycles. The summed E-state index contributed by atoms with van der Waals surface area (Å²) in [4.78, 5) is 0. The van der Waals surface area contributed by atoms with Gasteiger partial charge in [-0.1, -0.05) is 60.7 Å². The predicted molar refractivity (Wildman–Crippen MR) is 114 cm³/mol. The highest BCUT2D eigenvalue weighted by atomic mass is 19.4. The third-order valence-corrected chi connectivity index (χ3v) is 4.76. The predicted octanol–water partition coefficient (Wildman–Crippen LogP) is 6.46. The summed E-state index contributed by atoms with van der Waals surface area (Å²) in [6.07, 6.45) is -4.65. The minimum absolute atomic E-state index is 0.0244. The standard InChI is InChI=1S/C25H18F4N2O2/c26-21-13-19(25(27,28)29)11-12-20(21)22-14-23(32-15-17-7-3-1-4-8-17)24(31-30-22)33-16-18-9-5-2-6-10-18/h1-14H,15-16H2. The lowest BCUT2D eigenvalue weighted by Crippen LogP contribution is -2.06. The van der Waals surface area contributed by atoms with Gasteiger partial charge in [-0.2, -0.15) is 13.2 Å². The minimum Gasteiger partial charge on any atom is -0.483 e. The van der Waals surface area contributed by atoms with Crippen molar-refractivity contribution in [3.63, 3.8) is 0 Å². The Morgan fingerprint density at radius 2 is 1.30 bits per heavy atom. The number of hydrogen-bond donors (Lipinski definition) is 0. The van der Waals surface area contributed by atoms with E-state index in [1.165, 1.54) is 6.07 Å². The highest BCUT2D eigenvalue weighted by Gasteiger charge is 2.31. The molecule has 0 aliphatic heterocycles. The first-order valence-electron chi connectivity index (χ1n) is 9.98. The number of ether oxygens (including phenoxy) is 2. The highest BCUT2D eigenvalue weighted by molar-refractivity contribution is 5.62. The molecule has 0 atom stereocenters. The molecule has 4 aromatic rings. The van der Waals surface area contributed by atoms with Crippen LogP contribution in [0.1, 0.15) is 16.7 Å². The van der Waals surface area contributed by atoms with Gasteiger partial charge in [0.2, 0.25) is 0 Å². The Morgan fingerprint density at radius 3 is 1.88 bits per heavy atom. The van der Waals surface area contributed by atoms with Crippen LogP contribution < -0.4 is 9.47 Å². The van der Waals surface area contributed by atoms with Crippen molar-refractivity contribution in [1.82, 2.24) is 10.2 Å². The number of benzene rings is 3. The number of rotatable bonds is 7. The van der Waals surface area contributed by atoms with E-state index in [9.17, 15) is 17.6 Å². The fraction of sp³-hybridized carbons (Fsp3) is 0.120. The molecule has 168 valence electrons. The number of halogens is 4. The van der Waals surface area contributed by atoms with Gasteiger partial charge < -0.3 is 9.47 Å². The molecule has 4 nitrogen and oxygen atoms in total. The largest absolute Gasteiger partial charge is 0.483 e. The molecule has 0 amide bonds. The van der Waals surface area contributed by atoms with Crippen LogP contribution in [0.25, 0.3) is 11.3 Å². The van der Waals surface area contributed by atoms with E-state index in [0.717, 1.165) is 23.3 Å². The van der Waals surface area contributed by atoms with Gasteiger partial charge in [0.05, 0.1) is 11.3 Å². The smallest absolute Gasteiger partial charge is 0.416 e. The van der Waals surface area contributed by atoms with E-state index in [2.05, 4.69) is 10.2 Å². The van der Waals surface area contributed by atoms with E-state index in [4.69, 9.17) is 9.47 Å². The maximum absolute atomic E-state index is 14.5. The average Bonchev–Trinajstić information content (AvgIpc) is 2.82. The molecule has 0 saturated carbocycles. The molecule has 0 fully saturated rings. The van der Waals surface area contributed by atoms with Gasteiger partial charge in [-0.25, -0.2) is 4.39 Å². The number of alkyl halides is 3. The maximum Gasteiger partial charge on any atom is 0.416 e. The van der Waals surface area contributed by atoms with Gasteiger partial charge in [-0.15, -0.1) is 10.2 Å². The van der Waals surface area contributed by atoms with E-state index >= 15 is 0 Å². The summed E-state index contributed by atoms with van der Waals surface area (Å²) >= 11 is 0. The summed E-state index contributed by atoms with van der Waals surface area (Å²) in [5, 5.41) is 7.96. The van der Waals surface area contributed by atoms with Crippen LogP contribution in [-0.2, 0) is 19.4 Å². The van der Waals surface area contributed by atoms with Crippen molar-refractivity contribution in [2.24, 2.45) is 0 Å². The van der Waals surface area contributed by atoms with E-state index in [-0.39, 0.29) is 36.1 Å². The van der Waals surface area contributed by atoms with Crippen LogP contribution in [0, 0.1) is 5.82 Å². The van der Waals surface area contributed by atoms with E-state index in [1.807, 2.05) is 60.7 Å². The third-order valence-electron chi connectivity index (χ3n) is 4.76. The van der Waals surface area contributed by atoms with E-state index in [0.29, 0.717) is 6.07 Å². The van der Waals surface area contributed by atoms with Crippen molar-refractivity contribution in [1.29, 1.82) is 0 Å². The second-order valence-electron chi connectivity index (χ2n) is 7.14. The molecular formula is C25H18F4N2O2. The zero-order valence-electron chi connectivity index (χ0n) is 17.2. The van der Waals surface area contributed by atoms with Gasteiger partial charge >= 0.3 is 6.18 Å². The van der Waals surface area contributed by atoms with Gasteiger partial charge in [0.25, 0.3) is 5.88 Å². The molecule has 0 spiro atoms. The molecule has 1 aromatic heterocycles. The molecule has 0 aliphatic carbocycles. The zero-order chi connectivity index (χ0) is 23.3. The molecule has 0 radical (unpaired) electrons. The van der Waals surface area contributed by atoms with Gasteiger partial charge in [-0.3, -0.25) is 0 Å². The maximum atomic E-state index is 14.5. The molecule has 0 aliphatic rings. The minimum atomic E-state index is -4.65. The summed E-state index contributed by atoms with van der Waals surface area (Å²) in [5.74, 6) is -0.781. The Morgan fingerprint density at radius 1 is 0.697 bits per heavy atom. The van der Waals surface area contributed by atoms with Crippen molar-refractivity contribution in [2.75, 3.05) is 0 Å². The van der Waals surface area contributed by atoms with Crippen LogP contribution >= 0.6 is 0 Å². The Kier molecular flexibility index (Phi) is 6.53. The van der Waals surface area contributed by atoms with E-state index in [1.54, 1.807) is 0 Å². The number of hydrogen-bond acceptors (Lipinski definition) is 4.